The SMILES string of the molecule is Cc1c(-c2nc(-c3ccccc3)no2)ccc(N(c2ccccc2)c2ccc(-n3c4ccccc4c4ccccc43)cc2)c1C. The molecule has 0 unspecified atom stereocenters. The van der Waals surface area contributed by atoms with Crippen LogP contribution in [0.25, 0.3) is 50.3 Å². The highest BCUT2D eigenvalue weighted by atomic mass is 16.5. The molecule has 0 amide bonds. The van der Waals surface area contributed by atoms with Gasteiger partial charge >= 0.3 is 0 Å². The van der Waals surface area contributed by atoms with Crippen LogP contribution in [-0.2, 0) is 0 Å². The van der Waals surface area contributed by atoms with Crippen molar-refractivity contribution in [3.05, 3.63) is 157 Å². The van der Waals surface area contributed by atoms with E-state index in [1.807, 2.05) is 36.4 Å². The molecule has 0 aliphatic rings. The van der Waals surface area contributed by atoms with Crippen molar-refractivity contribution in [1.82, 2.24) is 14.7 Å². The molecule has 0 atom stereocenters. The van der Waals surface area contributed by atoms with Crippen LogP contribution in [0.1, 0.15) is 11.1 Å². The molecule has 6 aromatic carbocycles. The van der Waals surface area contributed by atoms with Gasteiger partial charge in [-0.15, -0.1) is 0 Å². The summed E-state index contributed by atoms with van der Waals surface area (Å²) in [5.41, 5.74) is 10.9. The highest BCUT2D eigenvalue weighted by Crippen LogP contribution is 2.41. The Bertz CT molecular complexity index is 2230. The second-order valence-corrected chi connectivity index (χ2v) is 11.2. The molecule has 5 heteroatoms. The van der Waals surface area contributed by atoms with Gasteiger partial charge in [0.15, 0.2) is 0 Å². The van der Waals surface area contributed by atoms with E-state index in [2.05, 4.69) is 138 Å². The van der Waals surface area contributed by atoms with E-state index in [1.165, 1.54) is 21.8 Å². The van der Waals surface area contributed by atoms with Crippen LogP contribution in [0.5, 0.6) is 0 Å². The van der Waals surface area contributed by atoms with Crippen LogP contribution < -0.4 is 4.90 Å². The molecule has 8 rings (SSSR count). The molecule has 0 spiro atoms. The first-order valence-electron chi connectivity index (χ1n) is 15.1. The fourth-order valence-corrected chi connectivity index (χ4v) is 6.27. The third-order valence-corrected chi connectivity index (χ3v) is 8.65. The summed E-state index contributed by atoms with van der Waals surface area (Å²) in [6.07, 6.45) is 0. The van der Waals surface area contributed by atoms with Crippen LogP contribution in [-0.4, -0.2) is 14.7 Å². The molecular formula is C40H30N4O. The van der Waals surface area contributed by atoms with Crippen molar-refractivity contribution in [2.75, 3.05) is 4.90 Å². The average Bonchev–Trinajstić information content (AvgIpc) is 3.72. The van der Waals surface area contributed by atoms with E-state index in [-0.39, 0.29) is 0 Å². The van der Waals surface area contributed by atoms with Crippen molar-refractivity contribution < 1.29 is 4.52 Å². The van der Waals surface area contributed by atoms with Gasteiger partial charge in [-0.2, -0.15) is 4.98 Å². The van der Waals surface area contributed by atoms with Gasteiger partial charge in [-0.25, -0.2) is 0 Å². The van der Waals surface area contributed by atoms with Gasteiger partial charge in [-0.3, -0.25) is 0 Å². The van der Waals surface area contributed by atoms with Gasteiger partial charge in [0.05, 0.1) is 11.0 Å². The average molecular weight is 583 g/mol. The summed E-state index contributed by atoms with van der Waals surface area (Å²) >= 11 is 0. The van der Waals surface area contributed by atoms with E-state index in [0.29, 0.717) is 11.7 Å². The van der Waals surface area contributed by atoms with Crippen molar-refractivity contribution in [3.63, 3.8) is 0 Å². The monoisotopic (exact) mass is 582 g/mol. The molecule has 216 valence electrons. The second kappa shape index (κ2) is 11.0. The maximum absolute atomic E-state index is 5.74. The van der Waals surface area contributed by atoms with E-state index < -0.39 is 0 Å². The van der Waals surface area contributed by atoms with Crippen molar-refractivity contribution in [3.8, 4) is 28.5 Å². The fraction of sp³-hybridized carbons (Fsp3) is 0.0500. The van der Waals surface area contributed by atoms with Gasteiger partial charge in [-0.1, -0.05) is 90.1 Å². The maximum Gasteiger partial charge on any atom is 0.258 e. The van der Waals surface area contributed by atoms with E-state index in [4.69, 9.17) is 9.51 Å². The van der Waals surface area contributed by atoms with Gasteiger partial charge in [0.25, 0.3) is 5.89 Å². The van der Waals surface area contributed by atoms with Gasteiger partial charge in [0, 0.05) is 44.6 Å². The number of aromatic nitrogens is 3. The Labute approximate surface area is 261 Å². The second-order valence-electron chi connectivity index (χ2n) is 11.2. The fourth-order valence-electron chi connectivity index (χ4n) is 6.27. The number of rotatable bonds is 6. The van der Waals surface area contributed by atoms with Crippen molar-refractivity contribution in [1.29, 1.82) is 0 Å². The first-order valence-corrected chi connectivity index (χ1v) is 15.1. The molecule has 0 N–H and O–H groups in total. The van der Waals surface area contributed by atoms with Crippen molar-refractivity contribution >= 4 is 38.9 Å². The molecule has 0 saturated carbocycles. The van der Waals surface area contributed by atoms with Crippen LogP contribution in [0.3, 0.4) is 0 Å². The highest BCUT2D eigenvalue weighted by molar-refractivity contribution is 6.09. The zero-order chi connectivity index (χ0) is 30.3. The topological polar surface area (TPSA) is 47.1 Å². The Kier molecular flexibility index (Phi) is 6.50. The lowest BCUT2D eigenvalue weighted by molar-refractivity contribution is 0.432. The van der Waals surface area contributed by atoms with Crippen LogP contribution in [0, 0.1) is 13.8 Å². The number of nitrogens with zero attached hydrogens (tertiary/aromatic N) is 4. The lowest BCUT2D eigenvalue weighted by Gasteiger charge is -2.28. The zero-order valence-corrected chi connectivity index (χ0v) is 25.1. The summed E-state index contributed by atoms with van der Waals surface area (Å²) in [5, 5.41) is 6.77. The van der Waals surface area contributed by atoms with Crippen LogP contribution in [0.2, 0.25) is 0 Å². The summed E-state index contributed by atoms with van der Waals surface area (Å²) < 4.78 is 8.09. The molecule has 0 radical (unpaired) electrons. The Morgan fingerprint density at radius 3 is 1.80 bits per heavy atom. The smallest absolute Gasteiger partial charge is 0.258 e. The Morgan fingerprint density at radius 2 is 1.13 bits per heavy atom. The predicted octanol–water partition coefficient (Wildman–Crippen LogP) is 10.6. The quantitative estimate of drug-likeness (QED) is 0.196. The molecule has 0 saturated heterocycles. The summed E-state index contributed by atoms with van der Waals surface area (Å²) in [4.78, 5) is 7.04. The van der Waals surface area contributed by atoms with Crippen molar-refractivity contribution in [2.45, 2.75) is 13.8 Å². The highest BCUT2D eigenvalue weighted by Gasteiger charge is 2.20. The largest absolute Gasteiger partial charge is 0.334 e. The third kappa shape index (κ3) is 4.57. The summed E-state index contributed by atoms with van der Waals surface area (Å²) in [7, 11) is 0. The van der Waals surface area contributed by atoms with Crippen molar-refractivity contribution in [2.24, 2.45) is 0 Å². The van der Waals surface area contributed by atoms with E-state index in [0.717, 1.165) is 45.0 Å². The Hall–Kier alpha value is -5.94. The van der Waals surface area contributed by atoms with E-state index >= 15 is 0 Å². The first-order chi connectivity index (χ1) is 22.2. The van der Waals surface area contributed by atoms with Crippen LogP contribution in [0.15, 0.2) is 150 Å². The molecule has 0 aliphatic heterocycles. The van der Waals surface area contributed by atoms with Gasteiger partial charge in [0.2, 0.25) is 5.82 Å². The predicted molar refractivity (Wildman–Crippen MR) is 184 cm³/mol. The maximum atomic E-state index is 5.74. The normalized spacial score (nSPS) is 11.3. The van der Waals surface area contributed by atoms with Crippen LogP contribution in [0.4, 0.5) is 17.1 Å². The lowest BCUT2D eigenvalue weighted by Crippen LogP contribution is -2.12. The minimum atomic E-state index is 0.516. The summed E-state index contributed by atoms with van der Waals surface area (Å²) in [6.45, 7) is 4.28. The molecule has 2 aromatic heterocycles. The Balaban J connectivity index is 1.21. The number of benzene rings is 6. The molecule has 0 bridgehead atoms. The number of hydrogen-bond acceptors (Lipinski definition) is 4. The molecular weight excluding hydrogens is 552 g/mol. The minimum Gasteiger partial charge on any atom is -0.334 e. The molecule has 45 heavy (non-hydrogen) atoms. The molecule has 2 heterocycles. The summed E-state index contributed by atoms with van der Waals surface area (Å²) in [6, 6.07) is 50.7. The van der Waals surface area contributed by atoms with Gasteiger partial charge in [-0.05, 0) is 85.6 Å². The minimum absolute atomic E-state index is 0.516. The lowest BCUT2D eigenvalue weighted by atomic mass is 9.99. The third-order valence-electron chi connectivity index (χ3n) is 8.65. The first kappa shape index (κ1) is 26.7. The molecule has 0 fully saturated rings. The van der Waals surface area contributed by atoms with Crippen LogP contribution >= 0.6 is 0 Å². The van der Waals surface area contributed by atoms with E-state index in [1.54, 1.807) is 0 Å². The Morgan fingerprint density at radius 1 is 0.556 bits per heavy atom. The summed E-state index contributed by atoms with van der Waals surface area (Å²) in [5.74, 6) is 1.10. The van der Waals surface area contributed by atoms with E-state index in [9.17, 15) is 0 Å². The van der Waals surface area contributed by atoms with Gasteiger partial charge in [0.1, 0.15) is 0 Å². The molecule has 8 aromatic rings. The number of para-hydroxylation sites is 3. The molecule has 5 nitrogen and oxygen atoms in total. The van der Waals surface area contributed by atoms with Gasteiger partial charge < -0.3 is 14.0 Å². The zero-order valence-electron chi connectivity index (χ0n) is 25.1. The molecule has 0 aliphatic carbocycles. The number of hydrogen-bond donors (Lipinski definition) is 0. The standard InChI is InChI=1S/C40H30N4O/c1-27-28(2)36(26-25-33(27)40-41-39(42-45-40)29-13-5-3-6-14-29)43(30-15-7-4-8-16-30)31-21-23-32(24-22-31)44-37-19-11-9-17-34(37)35-18-10-12-20-38(35)44/h3-26H,1-2H3. The number of fused-ring (bicyclic) bond motifs is 3. The number of anilines is 3.